The van der Waals surface area contributed by atoms with Crippen molar-refractivity contribution in [3.63, 3.8) is 0 Å². The summed E-state index contributed by atoms with van der Waals surface area (Å²) in [5.74, 6) is -1.54. The molecule has 2 heterocycles. The highest BCUT2D eigenvalue weighted by molar-refractivity contribution is 6.30. The van der Waals surface area contributed by atoms with Gasteiger partial charge in [-0.05, 0) is 29.2 Å². The minimum Gasteiger partial charge on any atom is -0.492 e. The lowest BCUT2D eigenvalue weighted by Crippen LogP contribution is -2.38. The number of carboxylic acids is 1. The molecule has 0 saturated carbocycles. The molecule has 1 saturated heterocycles. The molecule has 0 unspecified atom stereocenters. The number of rotatable bonds is 10. The van der Waals surface area contributed by atoms with E-state index in [0.717, 1.165) is 13.1 Å². The number of morpholine rings is 1. The van der Waals surface area contributed by atoms with Gasteiger partial charge in [-0.15, -0.1) is 0 Å². The lowest BCUT2D eigenvalue weighted by Gasteiger charge is -2.27. The van der Waals surface area contributed by atoms with E-state index >= 15 is 0 Å². The predicted octanol–water partition coefficient (Wildman–Crippen LogP) is 3.98. The van der Waals surface area contributed by atoms with Gasteiger partial charge in [0.2, 0.25) is 5.43 Å². The van der Waals surface area contributed by atoms with Crippen molar-refractivity contribution in [2.75, 3.05) is 46.1 Å². The average Bonchev–Trinajstić information content (AvgIpc) is 2.89. The van der Waals surface area contributed by atoms with E-state index in [1.54, 1.807) is 28.8 Å². The van der Waals surface area contributed by atoms with Crippen LogP contribution in [-0.2, 0) is 11.2 Å². The molecule has 1 aromatic heterocycles. The molecule has 2 N–H and O–H groups in total. The summed E-state index contributed by atoms with van der Waals surface area (Å²) in [7, 11) is 0. The number of carbonyl (C=O) groups is 1. The quantitative estimate of drug-likeness (QED) is 0.396. The number of hydrogen-bond donors (Lipinski definition) is 2. The number of aromatic nitrogens is 1. The van der Waals surface area contributed by atoms with Crippen LogP contribution < -0.4 is 10.2 Å². The second-order valence-electron chi connectivity index (χ2n) is 9.75. The summed E-state index contributed by atoms with van der Waals surface area (Å²) in [6.45, 7) is 7.47. The van der Waals surface area contributed by atoms with Crippen molar-refractivity contribution < 1.29 is 28.9 Å². The molecule has 4 rings (SSSR count). The van der Waals surface area contributed by atoms with Crippen LogP contribution in [0.2, 0.25) is 5.02 Å². The summed E-state index contributed by atoms with van der Waals surface area (Å²) in [4.78, 5) is 27.4. The fourth-order valence-electron chi connectivity index (χ4n) is 4.74. The molecule has 0 aliphatic carbocycles. The van der Waals surface area contributed by atoms with Crippen molar-refractivity contribution in [1.82, 2.24) is 9.47 Å². The molecule has 10 heteroatoms. The van der Waals surface area contributed by atoms with Crippen LogP contribution in [0.15, 0.2) is 41.3 Å². The number of nitrogens with zero attached hydrogens (tertiary/aromatic N) is 2. The minimum atomic E-state index is -1.36. The number of pyridine rings is 1. The number of hydrogen-bond acceptors (Lipinski definition) is 6. The van der Waals surface area contributed by atoms with Crippen LogP contribution in [0.5, 0.6) is 5.75 Å². The Morgan fingerprint density at radius 2 is 1.95 bits per heavy atom. The van der Waals surface area contributed by atoms with E-state index in [0.29, 0.717) is 48.8 Å². The summed E-state index contributed by atoms with van der Waals surface area (Å²) < 4.78 is 28.1. The van der Waals surface area contributed by atoms with Crippen LogP contribution in [0, 0.1) is 11.7 Å². The first kappa shape index (κ1) is 28.0. The normalized spacial score (nSPS) is 15.2. The van der Waals surface area contributed by atoms with Gasteiger partial charge in [-0.1, -0.05) is 37.6 Å². The second kappa shape index (κ2) is 12.3. The third-order valence-corrected chi connectivity index (χ3v) is 7.23. The summed E-state index contributed by atoms with van der Waals surface area (Å²) in [6.07, 6.45) is 1.36. The van der Waals surface area contributed by atoms with Gasteiger partial charge in [-0.3, -0.25) is 9.69 Å². The van der Waals surface area contributed by atoms with Gasteiger partial charge in [-0.25, -0.2) is 9.18 Å². The lowest BCUT2D eigenvalue weighted by molar-refractivity contribution is 0.0322. The Morgan fingerprint density at radius 3 is 2.61 bits per heavy atom. The maximum absolute atomic E-state index is 14.8. The predicted molar refractivity (Wildman–Crippen MR) is 143 cm³/mol. The van der Waals surface area contributed by atoms with E-state index in [-0.39, 0.29) is 29.4 Å². The van der Waals surface area contributed by atoms with E-state index in [1.165, 1.54) is 12.3 Å². The van der Waals surface area contributed by atoms with Gasteiger partial charge < -0.3 is 24.3 Å². The van der Waals surface area contributed by atoms with Crippen molar-refractivity contribution >= 4 is 28.5 Å². The van der Waals surface area contributed by atoms with Gasteiger partial charge in [0.25, 0.3) is 0 Å². The Hall–Kier alpha value is -2.98. The molecular weight excluding hydrogens is 515 g/mol. The SMILES string of the molecule is CC(C)[C@@H](CO)n1cc(C(=O)O)c(=O)c2cc(Cc3cccc(Cl)c3F)c(OCCN3CCOCC3)cc21. The molecule has 2 aromatic carbocycles. The average molecular weight is 547 g/mol. The Bertz CT molecular complexity index is 1370. The van der Waals surface area contributed by atoms with E-state index < -0.39 is 28.8 Å². The fourth-order valence-corrected chi connectivity index (χ4v) is 4.93. The highest BCUT2D eigenvalue weighted by Crippen LogP contribution is 2.32. The Kier molecular flexibility index (Phi) is 9.04. The summed E-state index contributed by atoms with van der Waals surface area (Å²) in [5.41, 5.74) is 0.218. The summed E-state index contributed by atoms with van der Waals surface area (Å²) in [5, 5.41) is 20.0. The lowest BCUT2D eigenvalue weighted by atomic mass is 9.98. The number of carboxylic acid groups (broad SMARTS) is 1. The molecule has 204 valence electrons. The van der Waals surface area contributed by atoms with Crippen LogP contribution in [0.3, 0.4) is 0 Å². The van der Waals surface area contributed by atoms with E-state index in [9.17, 15) is 24.2 Å². The molecule has 1 fully saturated rings. The van der Waals surface area contributed by atoms with Crippen LogP contribution in [0.4, 0.5) is 4.39 Å². The Morgan fingerprint density at radius 1 is 1.21 bits per heavy atom. The van der Waals surface area contributed by atoms with Crippen molar-refractivity contribution in [3.05, 3.63) is 74.3 Å². The van der Waals surface area contributed by atoms with Gasteiger partial charge in [0.05, 0.1) is 36.4 Å². The number of aliphatic hydroxyl groups excluding tert-OH is 1. The number of aliphatic hydroxyl groups is 1. The van der Waals surface area contributed by atoms with Crippen LogP contribution >= 0.6 is 11.6 Å². The molecule has 8 nitrogen and oxygen atoms in total. The Balaban J connectivity index is 1.85. The molecule has 38 heavy (non-hydrogen) atoms. The van der Waals surface area contributed by atoms with Crippen LogP contribution in [-0.4, -0.2) is 71.7 Å². The first-order chi connectivity index (χ1) is 18.2. The third kappa shape index (κ3) is 6.02. The monoisotopic (exact) mass is 546 g/mol. The zero-order valence-electron chi connectivity index (χ0n) is 21.5. The fraction of sp³-hybridized carbons (Fsp3) is 0.429. The Labute approximate surface area is 225 Å². The van der Waals surface area contributed by atoms with Crippen molar-refractivity contribution in [2.45, 2.75) is 26.3 Å². The van der Waals surface area contributed by atoms with Gasteiger partial charge >= 0.3 is 5.97 Å². The molecule has 1 atom stereocenters. The number of halogens is 2. The van der Waals surface area contributed by atoms with Gasteiger partial charge in [0, 0.05) is 43.7 Å². The molecule has 0 bridgehead atoms. The number of aromatic carboxylic acids is 1. The van der Waals surface area contributed by atoms with Crippen molar-refractivity contribution in [3.8, 4) is 5.75 Å². The van der Waals surface area contributed by atoms with Gasteiger partial charge in [0.1, 0.15) is 23.7 Å². The minimum absolute atomic E-state index is 0.0173. The molecule has 3 aromatic rings. The summed E-state index contributed by atoms with van der Waals surface area (Å²) in [6, 6.07) is 7.48. The first-order valence-electron chi connectivity index (χ1n) is 12.6. The smallest absolute Gasteiger partial charge is 0.341 e. The highest BCUT2D eigenvalue weighted by Gasteiger charge is 2.23. The maximum Gasteiger partial charge on any atom is 0.341 e. The zero-order valence-corrected chi connectivity index (χ0v) is 22.2. The highest BCUT2D eigenvalue weighted by atomic mass is 35.5. The molecule has 0 spiro atoms. The number of benzene rings is 2. The topological polar surface area (TPSA) is 101 Å². The summed E-state index contributed by atoms with van der Waals surface area (Å²) >= 11 is 6.00. The number of ether oxygens (including phenoxy) is 2. The third-order valence-electron chi connectivity index (χ3n) is 6.94. The molecule has 0 amide bonds. The van der Waals surface area contributed by atoms with E-state index in [1.807, 2.05) is 13.8 Å². The van der Waals surface area contributed by atoms with E-state index in [4.69, 9.17) is 21.1 Å². The van der Waals surface area contributed by atoms with E-state index in [2.05, 4.69) is 4.90 Å². The zero-order chi connectivity index (χ0) is 27.4. The van der Waals surface area contributed by atoms with Crippen molar-refractivity contribution in [2.24, 2.45) is 5.92 Å². The molecule has 1 aliphatic rings. The number of fused-ring (bicyclic) bond motifs is 1. The van der Waals surface area contributed by atoms with Crippen molar-refractivity contribution in [1.29, 1.82) is 0 Å². The molecular formula is C28H32ClFN2O6. The first-order valence-corrected chi connectivity index (χ1v) is 13.0. The van der Waals surface area contributed by atoms with Crippen LogP contribution in [0.25, 0.3) is 10.9 Å². The van der Waals surface area contributed by atoms with Gasteiger partial charge in [0.15, 0.2) is 0 Å². The maximum atomic E-state index is 14.8. The van der Waals surface area contributed by atoms with Gasteiger partial charge in [-0.2, -0.15) is 0 Å². The molecule has 1 aliphatic heterocycles. The second-order valence-corrected chi connectivity index (χ2v) is 10.2. The molecule has 0 radical (unpaired) electrons. The standard InChI is InChI=1S/C28H32ClFN2O6/c1-17(2)24(16-33)32-15-21(28(35)36)27(34)20-13-19(12-18-4-3-5-22(29)26(18)30)25(14-23(20)32)38-11-8-31-6-9-37-10-7-31/h3-5,13-15,17,24,33H,6-12,16H2,1-2H3,(H,35,36)/t24-/m1/s1. The van der Waals surface area contributed by atoms with Crippen LogP contribution in [0.1, 0.15) is 41.4 Å². The largest absolute Gasteiger partial charge is 0.492 e.